The summed E-state index contributed by atoms with van der Waals surface area (Å²) in [5.41, 5.74) is 3.31. The number of rotatable bonds is 5. The van der Waals surface area contributed by atoms with Gasteiger partial charge in [-0.2, -0.15) is 0 Å². The van der Waals surface area contributed by atoms with E-state index >= 15 is 0 Å². The Kier molecular flexibility index (Phi) is 4.39. The Balaban J connectivity index is 2.06. The van der Waals surface area contributed by atoms with Crippen LogP contribution in [0.25, 0.3) is 10.9 Å². The number of phenolic OH excluding ortho intramolecular Hbond substituents is 1. The van der Waals surface area contributed by atoms with Crippen molar-refractivity contribution in [1.29, 1.82) is 0 Å². The zero-order valence-electron chi connectivity index (χ0n) is 11.5. The molecule has 2 aromatic rings. The Hall–Kier alpha value is -2.03. The van der Waals surface area contributed by atoms with Crippen LogP contribution in [-0.2, 0) is 6.42 Å². The average Bonchev–Trinajstić information content (AvgIpc) is 2.79. The van der Waals surface area contributed by atoms with Gasteiger partial charge in [0, 0.05) is 29.4 Å². The maximum atomic E-state index is 9.53. The summed E-state index contributed by atoms with van der Waals surface area (Å²) in [5.74, 6) is 0.305. The van der Waals surface area contributed by atoms with Crippen LogP contribution in [0, 0.1) is 0 Å². The Morgan fingerprint density at radius 2 is 2.26 bits per heavy atom. The number of nitrogens with zero attached hydrogens (tertiary/aromatic N) is 1. The maximum Gasteiger partial charge on any atom is 0.116 e. The molecule has 2 N–H and O–H groups in total. The smallest absolute Gasteiger partial charge is 0.116 e. The summed E-state index contributed by atoms with van der Waals surface area (Å²) in [6, 6.07) is 5.39. The largest absolute Gasteiger partial charge is 0.508 e. The van der Waals surface area contributed by atoms with Crippen LogP contribution in [0.15, 0.2) is 41.5 Å². The number of aromatic amines is 1. The molecule has 1 aromatic heterocycles. The molecule has 0 spiro atoms. The van der Waals surface area contributed by atoms with Crippen LogP contribution < -0.4 is 0 Å². The Morgan fingerprint density at radius 3 is 3.05 bits per heavy atom. The molecule has 0 aliphatic heterocycles. The number of nitrogens with one attached hydrogen (secondary N) is 1. The van der Waals surface area contributed by atoms with Crippen molar-refractivity contribution in [2.24, 2.45) is 4.99 Å². The van der Waals surface area contributed by atoms with Crippen LogP contribution in [-0.4, -0.2) is 22.3 Å². The predicted molar refractivity (Wildman–Crippen MR) is 81.1 cm³/mol. The van der Waals surface area contributed by atoms with E-state index in [1.54, 1.807) is 12.1 Å². The number of aromatic hydroxyl groups is 1. The quantitative estimate of drug-likeness (QED) is 0.784. The van der Waals surface area contributed by atoms with E-state index in [0.717, 1.165) is 36.0 Å². The van der Waals surface area contributed by atoms with E-state index in [-0.39, 0.29) is 0 Å². The fraction of sp³-hybridized carbons (Fsp3) is 0.312. The van der Waals surface area contributed by atoms with Crippen LogP contribution >= 0.6 is 0 Å². The summed E-state index contributed by atoms with van der Waals surface area (Å²) in [6.07, 6.45) is 8.08. The Bertz CT molecular complexity index is 608. The molecule has 3 heteroatoms. The molecular weight excluding hydrogens is 236 g/mol. The first-order valence-electron chi connectivity index (χ1n) is 6.67. The second-order valence-corrected chi connectivity index (χ2v) is 4.63. The van der Waals surface area contributed by atoms with Crippen molar-refractivity contribution in [3.63, 3.8) is 0 Å². The lowest BCUT2D eigenvalue weighted by Gasteiger charge is -1.98. The van der Waals surface area contributed by atoms with Crippen LogP contribution in [0.5, 0.6) is 5.75 Å². The molecular formula is C16H20N2O. The lowest BCUT2D eigenvalue weighted by atomic mass is 10.1. The van der Waals surface area contributed by atoms with Gasteiger partial charge >= 0.3 is 0 Å². The summed E-state index contributed by atoms with van der Waals surface area (Å²) in [7, 11) is 0. The lowest BCUT2D eigenvalue weighted by molar-refractivity contribution is 0.476. The number of fused-ring (bicyclic) bond motifs is 1. The Morgan fingerprint density at radius 1 is 1.42 bits per heavy atom. The molecule has 3 nitrogen and oxygen atoms in total. The molecule has 0 saturated heterocycles. The topological polar surface area (TPSA) is 48.4 Å². The molecule has 1 aromatic carbocycles. The van der Waals surface area contributed by atoms with Gasteiger partial charge in [0.1, 0.15) is 5.75 Å². The first-order chi connectivity index (χ1) is 9.20. The van der Waals surface area contributed by atoms with E-state index < -0.39 is 0 Å². The third kappa shape index (κ3) is 3.47. The van der Waals surface area contributed by atoms with Gasteiger partial charge in [-0.25, -0.2) is 0 Å². The number of aromatic nitrogens is 1. The number of hydrogen-bond donors (Lipinski definition) is 2. The second kappa shape index (κ2) is 6.23. The van der Waals surface area contributed by atoms with Gasteiger partial charge in [0.2, 0.25) is 0 Å². The standard InChI is InChI=1S/C16H20N2O/c1-3-4-5-12(2)17-9-8-13-11-18-16-7-6-14(19)10-15(13)16/h4-7,10-11,18-19H,3,8-9H2,1-2H3/b5-4-,17-12?. The molecule has 0 bridgehead atoms. The summed E-state index contributed by atoms with van der Waals surface area (Å²) in [4.78, 5) is 7.73. The van der Waals surface area contributed by atoms with E-state index in [0.29, 0.717) is 5.75 Å². The van der Waals surface area contributed by atoms with E-state index in [4.69, 9.17) is 0 Å². The SMILES string of the molecule is CC/C=C\C(C)=NCCc1c[nH]c2ccc(O)cc12. The minimum Gasteiger partial charge on any atom is -0.508 e. The Labute approximate surface area is 113 Å². The molecule has 19 heavy (non-hydrogen) atoms. The second-order valence-electron chi connectivity index (χ2n) is 4.63. The van der Waals surface area contributed by atoms with Crippen LogP contribution in [0.3, 0.4) is 0 Å². The highest BCUT2D eigenvalue weighted by molar-refractivity contribution is 5.92. The van der Waals surface area contributed by atoms with Crippen LogP contribution in [0.2, 0.25) is 0 Å². The van der Waals surface area contributed by atoms with E-state index in [1.807, 2.05) is 19.2 Å². The van der Waals surface area contributed by atoms with Crippen LogP contribution in [0.4, 0.5) is 0 Å². The van der Waals surface area contributed by atoms with Crippen molar-refractivity contribution in [3.05, 3.63) is 42.1 Å². The first kappa shape index (κ1) is 13.4. The zero-order chi connectivity index (χ0) is 13.7. The van der Waals surface area contributed by atoms with Gasteiger partial charge in [0.25, 0.3) is 0 Å². The fourth-order valence-electron chi connectivity index (χ4n) is 2.07. The summed E-state index contributed by atoms with van der Waals surface area (Å²) < 4.78 is 0. The third-order valence-electron chi connectivity index (χ3n) is 3.09. The van der Waals surface area contributed by atoms with Gasteiger partial charge in [0.15, 0.2) is 0 Å². The van der Waals surface area contributed by atoms with Gasteiger partial charge in [-0.05, 0) is 49.6 Å². The maximum absolute atomic E-state index is 9.53. The minimum atomic E-state index is 0.305. The van der Waals surface area contributed by atoms with Crippen molar-refractivity contribution in [2.75, 3.05) is 6.54 Å². The van der Waals surface area contributed by atoms with Crippen LogP contribution in [0.1, 0.15) is 25.8 Å². The lowest BCUT2D eigenvalue weighted by Crippen LogP contribution is -1.92. The highest BCUT2D eigenvalue weighted by Crippen LogP contribution is 2.23. The summed E-state index contributed by atoms with van der Waals surface area (Å²) >= 11 is 0. The molecule has 0 aliphatic rings. The van der Waals surface area contributed by atoms with Gasteiger partial charge < -0.3 is 10.1 Å². The van der Waals surface area contributed by atoms with E-state index in [1.165, 1.54) is 5.56 Å². The highest BCUT2D eigenvalue weighted by Gasteiger charge is 2.03. The monoisotopic (exact) mass is 256 g/mol. The van der Waals surface area contributed by atoms with Crippen molar-refractivity contribution >= 4 is 16.6 Å². The third-order valence-corrected chi connectivity index (χ3v) is 3.09. The first-order valence-corrected chi connectivity index (χ1v) is 6.67. The summed E-state index contributed by atoms with van der Waals surface area (Å²) in [6.45, 7) is 4.90. The van der Waals surface area contributed by atoms with E-state index in [9.17, 15) is 5.11 Å². The predicted octanol–water partition coefficient (Wildman–Crippen LogP) is 3.84. The van der Waals surface area contributed by atoms with Gasteiger partial charge in [-0.1, -0.05) is 13.0 Å². The number of allylic oxidation sites excluding steroid dienone is 2. The van der Waals surface area contributed by atoms with Crippen molar-refractivity contribution < 1.29 is 5.11 Å². The molecule has 0 unspecified atom stereocenters. The normalized spacial score (nSPS) is 12.6. The van der Waals surface area contributed by atoms with Gasteiger partial charge in [-0.3, -0.25) is 4.99 Å². The summed E-state index contributed by atoms with van der Waals surface area (Å²) in [5, 5.41) is 10.6. The van der Waals surface area contributed by atoms with Gasteiger partial charge in [-0.15, -0.1) is 0 Å². The molecule has 0 radical (unpaired) electrons. The molecule has 0 atom stereocenters. The van der Waals surface area contributed by atoms with Crippen molar-refractivity contribution in [3.8, 4) is 5.75 Å². The van der Waals surface area contributed by atoms with Crippen molar-refractivity contribution in [1.82, 2.24) is 4.98 Å². The fourth-order valence-corrected chi connectivity index (χ4v) is 2.07. The van der Waals surface area contributed by atoms with Gasteiger partial charge in [0.05, 0.1) is 0 Å². The zero-order valence-corrected chi connectivity index (χ0v) is 11.5. The number of H-pyrrole nitrogens is 1. The molecule has 0 fully saturated rings. The molecule has 2 rings (SSSR count). The van der Waals surface area contributed by atoms with E-state index in [2.05, 4.69) is 29.1 Å². The number of phenols is 1. The molecule has 0 aliphatic carbocycles. The average molecular weight is 256 g/mol. The molecule has 1 heterocycles. The number of hydrogen-bond acceptors (Lipinski definition) is 2. The minimum absolute atomic E-state index is 0.305. The molecule has 100 valence electrons. The number of benzene rings is 1. The highest BCUT2D eigenvalue weighted by atomic mass is 16.3. The number of aliphatic imine (C=N–C) groups is 1. The van der Waals surface area contributed by atoms with Crippen molar-refractivity contribution in [2.45, 2.75) is 26.7 Å². The molecule has 0 amide bonds. The molecule has 0 saturated carbocycles.